The summed E-state index contributed by atoms with van der Waals surface area (Å²) in [5.41, 5.74) is 0.751. The van der Waals surface area contributed by atoms with E-state index in [9.17, 15) is 13.6 Å². The normalized spacial score (nSPS) is 13.1. The van der Waals surface area contributed by atoms with Crippen LogP contribution in [0.15, 0.2) is 59.4 Å². The summed E-state index contributed by atoms with van der Waals surface area (Å²) in [7, 11) is 1.81. The van der Waals surface area contributed by atoms with Gasteiger partial charge in [0.25, 0.3) is 5.91 Å². The predicted octanol–water partition coefficient (Wildman–Crippen LogP) is 4.77. The Bertz CT molecular complexity index is 1340. The number of halogens is 3. The lowest BCUT2D eigenvalue weighted by atomic mass is 9.70. The quantitative estimate of drug-likeness (QED) is 0.381. The highest BCUT2D eigenvalue weighted by molar-refractivity contribution is 6.29. The molecule has 0 bridgehead atoms. The van der Waals surface area contributed by atoms with E-state index in [1.54, 1.807) is 23.0 Å². The van der Waals surface area contributed by atoms with Gasteiger partial charge in [-0.1, -0.05) is 36.7 Å². The zero-order chi connectivity index (χ0) is 24.5. The molecule has 1 unspecified atom stereocenters. The first-order valence-corrected chi connectivity index (χ1v) is 10.9. The van der Waals surface area contributed by atoms with E-state index in [4.69, 9.17) is 16.1 Å². The number of carbonyl (C=O) groups excluding carboxylic acids is 1. The molecule has 0 aliphatic rings. The fraction of sp³-hybridized carbons (Fsp3) is 0.250. The van der Waals surface area contributed by atoms with Crippen molar-refractivity contribution < 1.29 is 18.1 Å². The Morgan fingerprint density at radius 3 is 2.68 bits per heavy atom. The van der Waals surface area contributed by atoms with Crippen LogP contribution in [0.25, 0.3) is 11.3 Å². The number of benzene rings is 1. The Hall–Kier alpha value is -3.59. The van der Waals surface area contributed by atoms with Crippen LogP contribution in [-0.4, -0.2) is 32.4 Å². The van der Waals surface area contributed by atoms with Crippen LogP contribution in [0.3, 0.4) is 0 Å². The van der Waals surface area contributed by atoms with Gasteiger partial charge in [0.2, 0.25) is 0 Å². The molecule has 3 heterocycles. The van der Waals surface area contributed by atoms with Gasteiger partial charge in [0.15, 0.2) is 11.5 Å². The second kappa shape index (κ2) is 9.34. The summed E-state index contributed by atoms with van der Waals surface area (Å²) < 4.78 is 34.1. The van der Waals surface area contributed by atoms with E-state index in [0.717, 1.165) is 17.7 Å². The molecule has 1 amide bonds. The van der Waals surface area contributed by atoms with Gasteiger partial charge in [-0.3, -0.25) is 9.48 Å². The number of aromatic nitrogens is 4. The van der Waals surface area contributed by atoms with Crippen molar-refractivity contribution in [3.05, 3.63) is 88.6 Å². The molecule has 0 fully saturated rings. The molecule has 3 aromatic heterocycles. The first kappa shape index (κ1) is 23.6. The van der Waals surface area contributed by atoms with Gasteiger partial charge >= 0.3 is 0 Å². The molecule has 34 heavy (non-hydrogen) atoms. The Kier molecular flexibility index (Phi) is 6.47. The minimum absolute atomic E-state index is 0.00274. The Morgan fingerprint density at radius 2 is 2.03 bits per heavy atom. The topological polar surface area (TPSA) is 85.8 Å². The number of rotatable bonds is 7. The van der Waals surface area contributed by atoms with Crippen LogP contribution in [-0.2, 0) is 12.5 Å². The second-order valence-corrected chi connectivity index (χ2v) is 8.64. The van der Waals surface area contributed by atoms with Crippen molar-refractivity contribution in [2.75, 3.05) is 6.54 Å². The molecule has 0 spiro atoms. The number of hydrogen-bond acceptors (Lipinski definition) is 5. The average molecular weight is 486 g/mol. The monoisotopic (exact) mass is 485 g/mol. The van der Waals surface area contributed by atoms with Crippen molar-refractivity contribution in [3.8, 4) is 11.3 Å². The van der Waals surface area contributed by atoms with Gasteiger partial charge in [-0.2, -0.15) is 5.10 Å². The third kappa shape index (κ3) is 4.43. The zero-order valence-electron chi connectivity index (χ0n) is 18.7. The maximum atomic E-state index is 14.1. The molecule has 0 radical (unpaired) electrons. The molecule has 0 aliphatic carbocycles. The maximum absolute atomic E-state index is 14.1. The number of nitrogens with zero attached hydrogens (tertiary/aromatic N) is 4. The summed E-state index contributed by atoms with van der Waals surface area (Å²) in [5.74, 6) is -2.04. The van der Waals surface area contributed by atoms with Gasteiger partial charge in [0.1, 0.15) is 16.8 Å². The minimum atomic E-state index is -0.814. The van der Waals surface area contributed by atoms with Crippen LogP contribution in [0.5, 0.6) is 0 Å². The Morgan fingerprint density at radius 1 is 1.24 bits per heavy atom. The molecule has 0 aliphatic heterocycles. The van der Waals surface area contributed by atoms with Gasteiger partial charge in [-0.25, -0.2) is 13.8 Å². The van der Waals surface area contributed by atoms with Gasteiger partial charge in [0, 0.05) is 37.5 Å². The van der Waals surface area contributed by atoms with Crippen molar-refractivity contribution in [1.82, 2.24) is 25.2 Å². The van der Waals surface area contributed by atoms with E-state index in [1.807, 2.05) is 33.2 Å². The minimum Gasteiger partial charge on any atom is -0.355 e. The van der Waals surface area contributed by atoms with Crippen LogP contribution in [0.4, 0.5) is 8.78 Å². The number of pyridine rings is 1. The SMILES string of the molecule is CC(C)C(CNC(=O)c1cc(-c2ccc(F)cc2F)on1)(c1cnn(C)c1)c1cccc(Cl)n1. The molecule has 176 valence electrons. The van der Waals surface area contributed by atoms with E-state index < -0.39 is 23.0 Å². The van der Waals surface area contributed by atoms with Crippen molar-refractivity contribution in [2.24, 2.45) is 13.0 Å². The first-order valence-electron chi connectivity index (χ1n) is 10.5. The largest absolute Gasteiger partial charge is 0.355 e. The Labute approximate surface area is 199 Å². The number of aryl methyl sites for hydroxylation is 1. The van der Waals surface area contributed by atoms with E-state index in [0.29, 0.717) is 10.8 Å². The maximum Gasteiger partial charge on any atom is 0.273 e. The molecule has 1 atom stereocenters. The molecule has 4 rings (SSSR count). The second-order valence-electron chi connectivity index (χ2n) is 8.26. The van der Waals surface area contributed by atoms with Crippen molar-refractivity contribution in [1.29, 1.82) is 0 Å². The van der Waals surface area contributed by atoms with E-state index in [1.165, 1.54) is 12.1 Å². The van der Waals surface area contributed by atoms with Gasteiger partial charge in [-0.05, 0) is 30.2 Å². The molecule has 7 nitrogen and oxygen atoms in total. The first-order chi connectivity index (χ1) is 16.2. The number of nitrogens with one attached hydrogen (secondary N) is 1. The molecule has 4 aromatic rings. The lowest BCUT2D eigenvalue weighted by Gasteiger charge is -2.36. The highest BCUT2D eigenvalue weighted by atomic mass is 35.5. The fourth-order valence-corrected chi connectivity index (χ4v) is 4.15. The molecule has 0 saturated heterocycles. The Balaban J connectivity index is 1.65. The van der Waals surface area contributed by atoms with Gasteiger partial charge < -0.3 is 9.84 Å². The third-order valence-electron chi connectivity index (χ3n) is 5.84. The molecular weight excluding hydrogens is 464 g/mol. The lowest BCUT2D eigenvalue weighted by molar-refractivity contribution is 0.0932. The fourth-order valence-electron chi connectivity index (χ4n) is 3.99. The highest BCUT2D eigenvalue weighted by Crippen LogP contribution is 2.38. The molecule has 1 aromatic carbocycles. The van der Waals surface area contributed by atoms with Crippen molar-refractivity contribution >= 4 is 17.5 Å². The molecular formula is C24H22ClF2N5O2. The summed E-state index contributed by atoms with van der Waals surface area (Å²) in [4.78, 5) is 17.5. The summed E-state index contributed by atoms with van der Waals surface area (Å²) in [6, 6.07) is 9.72. The van der Waals surface area contributed by atoms with Crippen LogP contribution >= 0.6 is 11.6 Å². The van der Waals surface area contributed by atoms with Crippen LogP contribution in [0.1, 0.15) is 35.6 Å². The highest BCUT2D eigenvalue weighted by Gasteiger charge is 2.41. The van der Waals surface area contributed by atoms with E-state index >= 15 is 0 Å². The van der Waals surface area contributed by atoms with Gasteiger partial charge in [0.05, 0.1) is 22.9 Å². The number of hydrogen-bond donors (Lipinski definition) is 1. The van der Waals surface area contributed by atoms with E-state index in [2.05, 4.69) is 20.6 Å². The lowest BCUT2D eigenvalue weighted by Crippen LogP contribution is -2.46. The summed E-state index contributed by atoms with van der Waals surface area (Å²) in [6.45, 7) is 4.20. The smallest absolute Gasteiger partial charge is 0.273 e. The summed E-state index contributed by atoms with van der Waals surface area (Å²) in [5, 5.41) is 11.3. The third-order valence-corrected chi connectivity index (χ3v) is 6.06. The standard InChI is InChI=1S/C24H22ClF2N5O2/c1-14(2)24(15-11-29-32(3)12-15,21-5-4-6-22(25)30-21)13-28-23(33)19-10-20(34-31-19)17-8-7-16(26)9-18(17)27/h4-12,14H,13H2,1-3H3,(H,28,33). The van der Waals surface area contributed by atoms with E-state index in [-0.39, 0.29) is 29.5 Å². The van der Waals surface area contributed by atoms with Crippen molar-refractivity contribution in [2.45, 2.75) is 19.3 Å². The van der Waals surface area contributed by atoms with Crippen LogP contribution < -0.4 is 5.32 Å². The average Bonchev–Trinajstić information content (AvgIpc) is 3.44. The van der Waals surface area contributed by atoms with Crippen LogP contribution in [0.2, 0.25) is 5.15 Å². The van der Waals surface area contributed by atoms with Crippen molar-refractivity contribution in [3.63, 3.8) is 0 Å². The molecule has 1 N–H and O–H groups in total. The summed E-state index contributed by atoms with van der Waals surface area (Å²) in [6.07, 6.45) is 3.61. The number of amides is 1. The zero-order valence-corrected chi connectivity index (χ0v) is 19.5. The predicted molar refractivity (Wildman–Crippen MR) is 122 cm³/mol. The number of carbonyl (C=O) groups is 1. The molecule has 0 saturated carbocycles. The van der Waals surface area contributed by atoms with Gasteiger partial charge in [-0.15, -0.1) is 0 Å². The summed E-state index contributed by atoms with van der Waals surface area (Å²) >= 11 is 6.19. The van der Waals surface area contributed by atoms with Crippen LogP contribution in [0, 0.1) is 17.6 Å². The molecule has 10 heteroatoms.